The second-order valence-corrected chi connectivity index (χ2v) is 5.72. The van der Waals surface area contributed by atoms with Gasteiger partial charge in [0.1, 0.15) is 6.54 Å². The van der Waals surface area contributed by atoms with E-state index in [1.54, 1.807) is 12.1 Å². The normalized spacial score (nSPS) is 15.7. The summed E-state index contributed by atoms with van der Waals surface area (Å²) in [4.78, 5) is 25.7. The van der Waals surface area contributed by atoms with Gasteiger partial charge in [-0.15, -0.1) is 0 Å². The predicted octanol–water partition coefficient (Wildman–Crippen LogP) is 0.304. The molecule has 1 aliphatic rings. The van der Waals surface area contributed by atoms with Gasteiger partial charge in [-0.3, -0.25) is 14.5 Å². The summed E-state index contributed by atoms with van der Waals surface area (Å²) in [5.74, 6) is -0.0168. The van der Waals surface area contributed by atoms with Crippen LogP contribution in [0.1, 0.15) is 17.8 Å². The second-order valence-electron chi connectivity index (χ2n) is 5.72. The van der Waals surface area contributed by atoms with Crippen LogP contribution in [-0.2, 0) is 16.1 Å². The molecule has 1 fully saturated rings. The van der Waals surface area contributed by atoms with Crippen LogP contribution in [0, 0.1) is 13.8 Å². The van der Waals surface area contributed by atoms with Gasteiger partial charge >= 0.3 is 0 Å². The van der Waals surface area contributed by atoms with E-state index in [9.17, 15) is 9.59 Å². The van der Waals surface area contributed by atoms with Gasteiger partial charge in [-0.25, -0.2) is 0 Å². The molecule has 0 aliphatic carbocycles. The fourth-order valence-electron chi connectivity index (χ4n) is 2.69. The molecule has 0 atom stereocenters. The Hall–Kier alpha value is -1.66. The fourth-order valence-corrected chi connectivity index (χ4v) is 2.69. The van der Waals surface area contributed by atoms with Crippen molar-refractivity contribution in [2.24, 2.45) is 0 Å². The van der Waals surface area contributed by atoms with E-state index in [2.05, 4.69) is 10.2 Å². The van der Waals surface area contributed by atoms with Crippen LogP contribution in [0.3, 0.4) is 0 Å². The molecule has 1 aromatic heterocycles. The molecular formula is C16H25N3O3. The molecule has 0 saturated carbocycles. The van der Waals surface area contributed by atoms with Crippen LogP contribution in [-0.4, -0.2) is 54.8 Å². The average Bonchev–Trinajstić information content (AvgIpc) is 2.48. The molecule has 1 amide bonds. The van der Waals surface area contributed by atoms with E-state index in [0.29, 0.717) is 6.54 Å². The van der Waals surface area contributed by atoms with E-state index >= 15 is 0 Å². The Balaban J connectivity index is 1.73. The number of carbonyl (C=O) groups is 1. The third-order valence-electron chi connectivity index (χ3n) is 3.93. The molecule has 0 radical (unpaired) electrons. The highest BCUT2D eigenvalue weighted by Crippen LogP contribution is 2.01. The number of hydrogen-bond donors (Lipinski definition) is 1. The van der Waals surface area contributed by atoms with Gasteiger partial charge < -0.3 is 14.6 Å². The van der Waals surface area contributed by atoms with E-state index in [1.165, 1.54) is 0 Å². The van der Waals surface area contributed by atoms with E-state index in [4.69, 9.17) is 4.74 Å². The van der Waals surface area contributed by atoms with Gasteiger partial charge in [-0.05, 0) is 26.8 Å². The quantitative estimate of drug-likeness (QED) is 0.768. The molecule has 0 aromatic carbocycles. The summed E-state index contributed by atoms with van der Waals surface area (Å²) < 4.78 is 7.16. The Morgan fingerprint density at radius 3 is 2.50 bits per heavy atom. The molecule has 0 unspecified atom stereocenters. The van der Waals surface area contributed by atoms with Crippen LogP contribution >= 0.6 is 0 Å². The maximum absolute atomic E-state index is 12.0. The third kappa shape index (κ3) is 4.96. The zero-order valence-corrected chi connectivity index (χ0v) is 13.4. The topological polar surface area (TPSA) is 63.6 Å². The maximum Gasteiger partial charge on any atom is 0.239 e. The van der Waals surface area contributed by atoms with Crippen LogP contribution in [0.4, 0.5) is 0 Å². The number of nitrogens with zero attached hydrogens (tertiary/aromatic N) is 2. The number of hydrogen-bond acceptors (Lipinski definition) is 4. The van der Waals surface area contributed by atoms with Crippen LogP contribution in [0.2, 0.25) is 0 Å². The minimum absolute atomic E-state index is 0.0165. The van der Waals surface area contributed by atoms with Gasteiger partial charge in [0.2, 0.25) is 5.91 Å². The molecule has 22 heavy (non-hydrogen) atoms. The first-order chi connectivity index (χ1) is 10.6. The summed E-state index contributed by atoms with van der Waals surface area (Å²) >= 11 is 0. The summed E-state index contributed by atoms with van der Waals surface area (Å²) in [5, 5.41) is 2.94. The van der Waals surface area contributed by atoms with Crippen molar-refractivity contribution in [2.45, 2.75) is 26.8 Å². The van der Waals surface area contributed by atoms with Gasteiger partial charge in [0, 0.05) is 43.2 Å². The summed E-state index contributed by atoms with van der Waals surface area (Å²) in [6.07, 6.45) is 0.938. The Morgan fingerprint density at radius 2 is 1.86 bits per heavy atom. The number of carbonyl (C=O) groups excluding carboxylic acids is 1. The monoisotopic (exact) mass is 307 g/mol. The van der Waals surface area contributed by atoms with Crippen LogP contribution < -0.4 is 10.7 Å². The molecule has 1 aromatic rings. The lowest BCUT2D eigenvalue weighted by atomic mass is 10.3. The first kappa shape index (κ1) is 16.7. The molecule has 122 valence electrons. The standard InChI is InChI=1S/C16H25N3O3/c1-13-10-15(20)11-14(2)19(13)12-16(21)17-4-3-5-18-6-8-22-9-7-18/h10-11H,3-9,12H2,1-2H3,(H,17,21). The lowest BCUT2D eigenvalue weighted by Gasteiger charge is -2.26. The number of aromatic nitrogens is 1. The van der Waals surface area contributed by atoms with Gasteiger partial charge in [0.25, 0.3) is 0 Å². The smallest absolute Gasteiger partial charge is 0.239 e. The van der Waals surface area contributed by atoms with E-state index in [-0.39, 0.29) is 17.9 Å². The van der Waals surface area contributed by atoms with Crippen molar-refractivity contribution in [1.29, 1.82) is 0 Å². The van der Waals surface area contributed by atoms with Crippen LogP contribution in [0.15, 0.2) is 16.9 Å². The minimum atomic E-state index is -0.0168. The number of rotatable bonds is 6. The van der Waals surface area contributed by atoms with Crippen LogP contribution in [0.25, 0.3) is 0 Å². The van der Waals surface area contributed by atoms with Crippen molar-refractivity contribution in [2.75, 3.05) is 39.4 Å². The molecule has 1 saturated heterocycles. The summed E-state index contributed by atoms with van der Waals surface area (Å²) in [7, 11) is 0. The SMILES string of the molecule is Cc1cc(=O)cc(C)n1CC(=O)NCCCN1CCOCC1. The lowest BCUT2D eigenvalue weighted by molar-refractivity contribution is -0.121. The van der Waals surface area contributed by atoms with Crippen molar-refractivity contribution in [3.63, 3.8) is 0 Å². The molecule has 0 bridgehead atoms. The molecule has 6 heteroatoms. The van der Waals surface area contributed by atoms with E-state index in [1.807, 2.05) is 18.4 Å². The van der Waals surface area contributed by atoms with Gasteiger partial charge in [0.15, 0.2) is 5.43 Å². The van der Waals surface area contributed by atoms with Crippen LogP contribution in [0.5, 0.6) is 0 Å². The summed E-state index contributed by atoms with van der Waals surface area (Å²) in [6, 6.07) is 3.11. The minimum Gasteiger partial charge on any atom is -0.379 e. The number of amides is 1. The third-order valence-corrected chi connectivity index (χ3v) is 3.93. The number of pyridine rings is 1. The largest absolute Gasteiger partial charge is 0.379 e. The number of nitrogens with one attached hydrogen (secondary N) is 1. The maximum atomic E-state index is 12.0. The first-order valence-corrected chi connectivity index (χ1v) is 7.81. The Bertz CT molecular complexity index is 536. The molecule has 0 spiro atoms. The van der Waals surface area contributed by atoms with Crippen molar-refractivity contribution in [3.8, 4) is 0 Å². The Kier molecular flexibility index (Phi) is 6.15. The number of aryl methyl sites for hydroxylation is 2. The zero-order valence-electron chi connectivity index (χ0n) is 13.4. The first-order valence-electron chi connectivity index (χ1n) is 7.81. The van der Waals surface area contributed by atoms with E-state index in [0.717, 1.165) is 50.7 Å². The van der Waals surface area contributed by atoms with Gasteiger partial charge in [-0.1, -0.05) is 0 Å². The predicted molar refractivity (Wildman–Crippen MR) is 85.1 cm³/mol. The highest BCUT2D eigenvalue weighted by atomic mass is 16.5. The molecule has 6 nitrogen and oxygen atoms in total. The average molecular weight is 307 g/mol. The summed E-state index contributed by atoms with van der Waals surface area (Å²) in [6.45, 7) is 9.17. The molecule has 1 N–H and O–H groups in total. The fraction of sp³-hybridized carbons (Fsp3) is 0.625. The summed E-state index contributed by atoms with van der Waals surface area (Å²) in [5.41, 5.74) is 1.61. The Labute approximate surface area is 131 Å². The Morgan fingerprint density at radius 1 is 1.23 bits per heavy atom. The number of ether oxygens (including phenoxy) is 1. The van der Waals surface area contributed by atoms with Gasteiger partial charge in [0.05, 0.1) is 13.2 Å². The highest BCUT2D eigenvalue weighted by molar-refractivity contribution is 5.75. The molecular weight excluding hydrogens is 282 g/mol. The molecule has 1 aliphatic heterocycles. The molecule has 2 rings (SSSR count). The van der Waals surface area contributed by atoms with E-state index < -0.39 is 0 Å². The van der Waals surface area contributed by atoms with Gasteiger partial charge in [-0.2, -0.15) is 0 Å². The van der Waals surface area contributed by atoms with Crippen molar-refractivity contribution in [3.05, 3.63) is 33.7 Å². The van der Waals surface area contributed by atoms with Crippen molar-refractivity contribution in [1.82, 2.24) is 14.8 Å². The highest BCUT2D eigenvalue weighted by Gasteiger charge is 2.10. The zero-order chi connectivity index (χ0) is 15.9. The van der Waals surface area contributed by atoms with Crippen molar-refractivity contribution >= 4 is 5.91 Å². The molecule has 2 heterocycles. The lowest BCUT2D eigenvalue weighted by Crippen LogP contribution is -2.38. The second kappa shape index (κ2) is 8.10. The van der Waals surface area contributed by atoms with Crippen molar-refractivity contribution < 1.29 is 9.53 Å². The number of morpholine rings is 1.